The Morgan fingerprint density at radius 2 is 1.70 bits per heavy atom. The third kappa shape index (κ3) is 5.00. The van der Waals surface area contributed by atoms with Crippen molar-refractivity contribution in [2.45, 2.75) is 17.9 Å². The molecule has 0 aromatic heterocycles. The Balaban J connectivity index is 2.74. The molecule has 128 valence electrons. The van der Waals surface area contributed by atoms with E-state index in [2.05, 4.69) is 0 Å². The number of carbonyl (C=O) groups is 2. The van der Waals surface area contributed by atoms with Crippen LogP contribution in [-0.4, -0.2) is 63.3 Å². The minimum Gasteiger partial charge on any atom is -0.452 e. The summed E-state index contributed by atoms with van der Waals surface area (Å²) < 4.78 is 43.0. The van der Waals surface area contributed by atoms with Gasteiger partial charge in [-0.25, -0.2) is 12.8 Å². The molecule has 0 unspecified atom stereocenters. The molecule has 1 aromatic rings. The molecule has 0 heterocycles. The predicted octanol–water partition coefficient (Wildman–Crippen LogP) is 0.466. The Morgan fingerprint density at radius 3 is 2.17 bits per heavy atom. The van der Waals surface area contributed by atoms with Crippen molar-refractivity contribution in [1.29, 1.82) is 0 Å². The van der Waals surface area contributed by atoms with Crippen LogP contribution < -0.4 is 0 Å². The van der Waals surface area contributed by atoms with Crippen LogP contribution in [0.2, 0.25) is 0 Å². The molecule has 9 heteroatoms. The van der Waals surface area contributed by atoms with E-state index in [0.717, 1.165) is 28.6 Å². The highest BCUT2D eigenvalue weighted by Gasteiger charge is 2.26. The first-order valence-electron chi connectivity index (χ1n) is 6.68. The number of hydrogen-bond donors (Lipinski definition) is 0. The van der Waals surface area contributed by atoms with E-state index in [1.165, 1.54) is 33.0 Å². The fraction of sp³-hybridized carbons (Fsp3) is 0.429. The molecule has 1 atom stereocenters. The summed E-state index contributed by atoms with van der Waals surface area (Å²) >= 11 is 0. The van der Waals surface area contributed by atoms with Gasteiger partial charge in [0.1, 0.15) is 12.4 Å². The lowest BCUT2D eigenvalue weighted by atomic mass is 10.3. The molecular weight excluding hydrogens is 327 g/mol. The maximum atomic E-state index is 12.9. The zero-order valence-corrected chi connectivity index (χ0v) is 14.1. The lowest BCUT2D eigenvalue weighted by Gasteiger charge is -2.20. The summed E-state index contributed by atoms with van der Waals surface area (Å²) in [7, 11) is 0.264. The third-order valence-corrected chi connectivity index (χ3v) is 4.79. The second-order valence-corrected chi connectivity index (χ2v) is 7.12. The molecule has 0 spiro atoms. The van der Waals surface area contributed by atoms with Gasteiger partial charge in [-0.3, -0.25) is 9.59 Å². The SMILES string of the molecule is C[C@H](OC(=O)CN(C)S(=O)(=O)c1ccc(F)cc1)C(=O)N(C)C. The summed E-state index contributed by atoms with van der Waals surface area (Å²) in [6.07, 6.45) is -1.01. The van der Waals surface area contributed by atoms with Gasteiger partial charge in [0, 0.05) is 21.1 Å². The molecule has 0 aliphatic carbocycles. The van der Waals surface area contributed by atoms with Gasteiger partial charge in [-0.2, -0.15) is 4.31 Å². The smallest absolute Gasteiger partial charge is 0.322 e. The van der Waals surface area contributed by atoms with Crippen molar-refractivity contribution in [3.8, 4) is 0 Å². The Labute approximate surface area is 134 Å². The maximum Gasteiger partial charge on any atom is 0.322 e. The Kier molecular flexibility index (Phi) is 6.22. The summed E-state index contributed by atoms with van der Waals surface area (Å²) in [6.45, 7) is 0.833. The number of esters is 1. The summed E-state index contributed by atoms with van der Waals surface area (Å²) in [5, 5.41) is 0. The first-order valence-corrected chi connectivity index (χ1v) is 8.12. The topological polar surface area (TPSA) is 84.0 Å². The maximum absolute atomic E-state index is 12.9. The molecule has 0 radical (unpaired) electrons. The van der Waals surface area contributed by atoms with Crippen molar-refractivity contribution in [2.75, 3.05) is 27.7 Å². The van der Waals surface area contributed by atoms with E-state index in [9.17, 15) is 22.4 Å². The van der Waals surface area contributed by atoms with Crippen molar-refractivity contribution in [3.63, 3.8) is 0 Å². The van der Waals surface area contributed by atoms with Crippen LogP contribution in [0.1, 0.15) is 6.92 Å². The third-order valence-electron chi connectivity index (χ3n) is 2.97. The minimum absolute atomic E-state index is 0.147. The molecule has 0 aliphatic heterocycles. The monoisotopic (exact) mass is 346 g/mol. The van der Waals surface area contributed by atoms with Crippen LogP contribution in [0.15, 0.2) is 29.2 Å². The minimum atomic E-state index is -3.95. The quantitative estimate of drug-likeness (QED) is 0.699. The average Bonchev–Trinajstić information content (AvgIpc) is 2.46. The normalized spacial score (nSPS) is 12.8. The van der Waals surface area contributed by atoms with Crippen molar-refractivity contribution in [2.24, 2.45) is 0 Å². The molecule has 1 aromatic carbocycles. The second kappa shape index (κ2) is 7.51. The lowest BCUT2D eigenvalue weighted by molar-refractivity contribution is -0.157. The van der Waals surface area contributed by atoms with Crippen LogP contribution in [0.4, 0.5) is 4.39 Å². The van der Waals surface area contributed by atoms with Crippen LogP contribution in [0.3, 0.4) is 0 Å². The number of carbonyl (C=O) groups excluding carboxylic acids is 2. The van der Waals surface area contributed by atoms with Gasteiger partial charge in [-0.1, -0.05) is 0 Å². The fourth-order valence-corrected chi connectivity index (χ4v) is 2.82. The van der Waals surface area contributed by atoms with Crippen LogP contribution in [0, 0.1) is 5.82 Å². The number of sulfonamides is 1. The average molecular weight is 346 g/mol. The molecule has 1 amide bonds. The summed E-state index contributed by atoms with van der Waals surface area (Å²) in [5.74, 6) is -1.84. The van der Waals surface area contributed by atoms with E-state index in [1.54, 1.807) is 0 Å². The highest BCUT2D eigenvalue weighted by molar-refractivity contribution is 7.89. The van der Waals surface area contributed by atoms with Gasteiger partial charge in [-0.05, 0) is 31.2 Å². The Bertz CT molecular complexity index is 673. The molecule has 0 N–H and O–H groups in total. The van der Waals surface area contributed by atoms with Crippen LogP contribution in [0.25, 0.3) is 0 Å². The van der Waals surface area contributed by atoms with Crippen molar-refractivity contribution in [1.82, 2.24) is 9.21 Å². The molecule has 0 saturated carbocycles. The van der Waals surface area contributed by atoms with E-state index < -0.39 is 40.4 Å². The van der Waals surface area contributed by atoms with Crippen molar-refractivity contribution < 1.29 is 27.1 Å². The van der Waals surface area contributed by atoms with Gasteiger partial charge in [0.15, 0.2) is 6.10 Å². The van der Waals surface area contributed by atoms with E-state index in [4.69, 9.17) is 4.74 Å². The van der Waals surface area contributed by atoms with Gasteiger partial charge >= 0.3 is 5.97 Å². The molecule has 0 aliphatic rings. The van der Waals surface area contributed by atoms with E-state index in [-0.39, 0.29) is 4.90 Å². The first kappa shape index (κ1) is 19.0. The number of halogens is 1. The summed E-state index contributed by atoms with van der Waals surface area (Å²) in [4.78, 5) is 24.5. The summed E-state index contributed by atoms with van der Waals surface area (Å²) in [5.41, 5.74) is 0. The fourth-order valence-electron chi connectivity index (χ4n) is 1.70. The molecule has 1 rings (SSSR count). The van der Waals surface area contributed by atoms with Gasteiger partial charge < -0.3 is 9.64 Å². The summed E-state index contributed by atoms with van der Waals surface area (Å²) in [6, 6.07) is 4.23. The molecular formula is C14H19FN2O5S. The number of hydrogen-bond acceptors (Lipinski definition) is 5. The highest BCUT2D eigenvalue weighted by Crippen LogP contribution is 2.14. The number of benzene rings is 1. The van der Waals surface area contributed by atoms with Crippen LogP contribution >= 0.6 is 0 Å². The predicted molar refractivity (Wildman–Crippen MR) is 80.5 cm³/mol. The van der Waals surface area contributed by atoms with E-state index >= 15 is 0 Å². The van der Waals surface area contributed by atoms with Crippen molar-refractivity contribution >= 4 is 21.9 Å². The zero-order chi connectivity index (χ0) is 17.8. The van der Waals surface area contributed by atoms with Crippen LogP contribution in [-0.2, 0) is 24.3 Å². The van der Waals surface area contributed by atoms with E-state index in [1.807, 2.05) is 0 Å². The van der Waals surface area contributed by atoms with Gasteiger partial charge in [0.05, 0.1) is 4.90 Å². The van der Waals surface area contributed by atoms with Gasteiger partial charge in [0.2, 0.25) is 10.0 Å². The largest absolute Gasteiger partial charge is 0.452 e. The number of likely N-dealkylation sites (N-methyl/N-ethyl adjacent to an activating group) is 2. The number of amides is 1. The second-order valence-electron chi connectivity index (χ2n) is 5.08. The number of ether oxygens (including phenoxy) is 1. The number of rotatable bonds is 6. The standard InChI is InChI=1S/C14H19FN2O5S/c1-10(14(19)16(2)3)22-13(18)9-17(4)23(20,21)12-7-5-11(15)6-8-12/h5-8,10H,9H2,1-4H3/t10-/m0/s1. The van der Waals surface area contributed by atoms with Gasteiger partial charge in [-0.15, -0.1) is 0 Å². The Morgan fingerprint density at radius 1 is 1.17 bits per heavy atom. The van der Waals surface area contributed by atoms with Crippen LogP contribution in [0.5, 0.6) is 0 Å². The molecule has 0 saturated heterocycles. The molecule has 7 nitrogen and oxygen atoms in total. The Hall–Kier alpha value is -2.00. The number of nitrogens with zero attached hydrogens (tertiary/aromatic N) is 2. The van der Waals surface area contributed by atoms with Gasteiger partial charge in [0.25, 0.3) is 5.91 Å². The molecule has 0 fully saturated rings. The lowest BCUT2D eigenvalue weighted by Crippen LogP contribution is -2.38. The van der Waals surface area contributed by atoms with Crippen molar-refractivity contribution in [3.05, 3.63) is 30.1 Å². The molecule has 23 heavy (non-hydrogen) atoms. The molecule has 0 bridgehead atoms. The highest BCUT2D eigenvalue weighted by atomic mass is 32.2. The zero-order valence-electron chi connectivity index (χ0n) is 13.3. The van der Waals surface area contributed by atoms with E-state index in [0.29, 0.717) is 0 Å². The first-order chi connectivity index (χ1) is 10.6.